The second-order valence-corrected chi connectivity index (χ2v) is 5.47. The predicted octanol–water partition coefficient (Wildman–Crippen LogP) is 1.81. The monoisotopic (exact) mass is 259 g/mol. The van der Waals surface area contributed by atoms with E-state index in [1.807, 2.05) is 36.9 Å². The molecule has 1 fully saturated rings. The van der Waals surface area contributed by atoms with E-state index in [4.69, 9.17) is 4.74 Å². The van der Waals surface area contributed by atoms with Gasteiger partial charge >= 0.3 is 0 Å². The molecule has 0 bridgehead atoms. The molecule has 0 aliphatic carbocycles. The molecule has 0 radical (unpaired) electrons. The molecule has 1 aliphatic rings. The van der Waals surface area contributed by atoms with Crippen molar-refractivity contribution in [2.45, 2.75) is 19.4 Å². The first-order valence-corrected chi connectivity index (χ1v) is 6.42. The second-order valence-electron chi connectivity index (χ2n) is 5.47. The number of nitrogens with zero attached hydrogens (tertiary/aromatic N) is 2. The van der Waals surface area contributed by atoms with Crippen LogP contribution in [0.25, 0.3) is 10.9 Å². The summed E-state index contributed by atoms with van der Waals surface area (Å²) in [6, 6.07) is 5.67. The van der Waals surface area contributed by atoms with Crippen LogP contribution in [0.5, 0.6) is 0 Å². The van der Waals surface area contributed by atoms with Crippen molar-refractivity contribution in [3.63, 3.8) is 0 Å². The standard InChI is InChI=1S/C14H17N3O2/c1-14(2)9-17(6-7-19-14)13(18)11-5-3-4-10-8-15-16-12(10)11/h3-5,8H,6-7,9H2,1-2H3,(H,15,16). The first-order valence-electron chi connectivity index (χ1n) is 6.42. The van der Waals surface area contributed by atoms with Gasteiger partial charge in [0.1, 0.15) is 0 Å². The Morgan fingerprint density at radius 3 is 3.11 bits per heavy atom. The topological polar surface area (TPSA) is 58.2 Å². The van der Waals surface area contributed by atoms with Crippen LogP contribution in [0.1, 0.15) is 24.2 Å². The van der Waals surface area contributed by atoms with E-state index in [1.54, 1.807) is 6.20 Å². The zero-order valence-corrected chi connectivity index (χ0v) is 11.1. The highest BCUT2D eigenvalue weighted by Gasteiger charge is 2.31. The molecule has 2 heterocycles. The Labute approximate surface area is 111 Å². The number of benzene rings is 1. The van der Waals surface area contributed by atoms with Gasteiger partial charge in [-0.25, -0.2) is 0 Å². The molecule has 0 spiro atoms. The molecule has 3 rings (SSSR count). The van der Waals surface area contributed by atoms with Crippen LogP contribution in [0.4, 0.5) is 0 Å². The SMILES string of the molecule is CC1(C)CN(C(=O)c2cccc3cn[nH]c23)CCO1. The second kappa shape index (κ2) is 4.35. The average Bonchev–Trinajstić information content (AvgIpc) is 2.84. The molecule has 5 heteroatoms. The first kappa shape index (κ1) is 12.2. The maximum atomic E-state index is 12.6. The molecule has 5 nitrogen and oxygen atoms in total. The molecular weight excluding hydrogens is 242 g/mol. The number of carbonyl (C=O) groups excluding carboxylic acids is 1. The van der Waals surface area contributed by atoms with Crippen LogP contribution in [0.15, 0.2) is 24.4 Å². The van der Waals surface area contributed by atoms with Crippen molar-refractivity contribution >= 4 is 16.8 Å². The zero-order chi connectivity index (χ0) is 13.5. The highest BCUT2D eigenvalue weighted by atomic mass is 16.5. The molecule has 1 saturated heterocycles. The van der Waals surface area contributed by atoms with Crippen molar-refractivity contribution in [1.82, 2.24) is 15.1 Å². The Morgan fingerprint density at radius 2 is 2.32 bits per heavy atom. The van der Waals surface area contributed by atoms with Crippen LogP contribution >= 0.6 is 0 Å². The lowest BCUT2D eigenvalue weighted by Crippen LogP contribution is -2.50. The van der Waals surface area contributed by atoms with Crippen molar-refractivity contribution in [3.05, 3.63) is 30.0 Å². The van der Waals surface area contributed by atoms with Crippen LogP contribution in [0.3, 0.4) is 0 Å². The van der Waals surface area contributed by atoms with Gasteiger partial charge in [-0.3, -0.25) is 9.89 Å². The molecule has 1 amide bonds. The normalized spacial score (nSPS) is 18.7. The fourth-order valence-corrected chi connectivity index (χ4v) is 2.51. The van der Waals surface area contributed by atoms with E-state index in [9.17, 15) is 4.79 Å². The van der Waals surface area contributed by atoms with Gasteiger partial charge in [0.05, 0.1) is 29.5 Å². The van der Waals surface area contributed by atoms with Gasteiger partial charge in [0.15, 0.2) is 0 Å². The summed E-state index contributed by atoms with van der Waals surface area (Å²) in [7, 11) is 0. The molecule has 100 valence electrons. The Morgan fingerprint density at radius 1 is 1.47 bits per heavy atom. The number of H-pyrrole nitrogens is 1. The van der Waals surface area contributed by atoms with Crippen molar-refractivity contribution in [1.29, 1.82) is 0 Å². The zero-order valence-electron chi connectivity index (χ0n) is 11.1. The van der Waals surface area contributed by atoms with Crippen molar-refractivity contribution < 1.29 is 9.53 Å². The number of hydrogen-bond acceptors (Lipinski definition) is 3. The number of aromatic nitrogens is 2. The smallest absolute Gasteiger partial charge is 0.256 e. The Hall–Kier alpha value is -1.88. The molecule has 0 unspecified atom stereocenters. The van der Waals surface area contributed by atoms with Crippen LogP contribution in [-0.2, 0) is 4.74 Å². The fourth-order valence-electron chi connectivity index (χ4n) is 2.51. The van der Waals surface area contributed by atoms with E-state index in [0.717, 1.165) is 10.9 Å². The van der Waals surface area contributed by atoms with Gasteiger partial charge in [0, 0.05) is 18.5 Å². The molecule has 0 atom stereocenters. The van der Waals surface area contributed by atoms with E-state index in [0.29, 0.717) is 25.3 Å². The van der Waals surface area contributed by atoms with Gasteiger partial charge in [0.2, 0.25) is 0 Å². The maximum absolute atomic E-state index is 12.6. The number of amides is 1. The number of morpholine rings is 1. The van der Waals surface area contributed by atoms with E-state index in [-0.39, 0.29) is 11.5 Å². The van der Waals surface area contributed by atoms with Gasteiger partial charge in [-0.1, -0.05) is 12.1 Å². The maximum Gasteiger partial charge on any atom is 0.256 e. The molecule has 1 aromatic heterocycles. The van der Waals surface area contributed by atoms with Gasteiger partial charge in [-0.05, 0) is 19.9 Å². The third kappa shape index (κ3) is 2.21. The van der Waals surface area contributed by atoms with Crippen LogP contribution in [0.2, 0.25) is 0 Å². The van der Waals surface area contributed by atoms with Gasteiger partial charge in [-0.2, -0.15) is 5.10 Å². The number of aromatic amines is 1. The molecule has 2 aromatic rings. The summed E-state index contributed by atoms with van der Waals surface area (Å²) < 4.78 is 5.64. The molecule has 19 heavy (non-hydrogen) atoms. The van der Waals surface area contributed by atoms with Crippen molar-refractivity contribution in [3.8, 4) is 0 Å². The number of para-hydroxylation sites is 1. The van der Waals surface area contributed by atoms with Crippen LogP contribution < -0.4 is 0 Å². The molecule has 1 aliphatic heterocycles. The van der Waals surface area contributed by atoms with E-state index < -0.39 is 0 Å². The first-order chi connectivity index (χ1) is 9.07. The largest absolute Gasteiger partial charge is 0.372 e. The Balaban J connectivity index is 1.93. The fraction of sp³-hybridized carbons (Fsp3) is 0.429. The van der Waals surface area contributed by atoms with E-state index in [1.165, 1.54) is 0 Å². The molecule has 1 aromatic carbocycles. The quantitative estimate of drug-likeness (QED) is 0.849. The molecular formula is C14H17N3O2. The number of rotatable bonds is 1. The lowest BCUT2D eigenvalue weighted by molar-refractivity contribution is -0.0763. The average molecular weight is 259 g/mol. The van der Waals surface area contributed by atoms with Gasteiger partial charge < -0.3 is 9.64 Å². The summed E-state index contributed by atoms with van der Waals surface area (Å²) in [5, 5.41) is 7.85. The summed E-state index contributed by atoms with van der Waals surface area (Å²) in [5.74, 6) is 0.0335. The summed E-state index contributed by atoms with van der Waals surface area (Å²) in [4.78, 5) is 14.5. The lowest BCUT2D eigenvalue weighted by atomic mass is 10.1. The number of hydrogen-bond donors (Lipinski definition) is 1. The summed E-state index contributed by atoms with van der Waals surface area (Å²) >= 11 is 0. The highest BCUT2D eigenvalue weighted by Crippen LogP contribution is 2.21. The Bertz CT molecular complexity index is 618. The van der Waals surface area contributed by atoms with Crippen molar-refractivity contribution in [2.24, 2.45) is 0 Å². The minimum atomic E-state index is -0.282. The number of ether oxygens (including phenoxy) is 1. The predicted molar refractivity (Wildman–Crippen MR) is 72.0 cm³/mol. The van der Waals surface area contributed by atoms with Gasteiger partial charge in [0.25, 0.3) is 5.91 Å². The number of nitrogens with one attached hydrogen (secondary N) is 1. The summed E-state index contributed by atoms with van der Waals surface area (Å²) in [6.45, 7) is 5.83. The minimum absolute atomic E-state index is 0.0335. The number of carbonyl (C=O) groups is 1. The highest BCUT2D eigenvalue weighted by molar-refractivity contribution is 6.05. The third-order valence-corrected chi connectivity index (χ3v) is 3.42. The third-order valence-electron chi connectivity index (χ3n) is 3.42. The number of fused-ring (bicyclic) bond motifs is 1. The van der Waals surface area contributed by atoms with Crippen LogP contribution in [0, 0.1) is 0 Å². The van der Waals surface area contributed by atoms with E-state index >= 15 is 0 Å². The minimum Gasteiger partial charge on any atom is -0.372 e. The van der Waals surface area contributed by atoms with Crippen LogP contribution in [-0.4, -0.2) is 46.3 Å². The van der Waals surface area contributed by atoms with Crippen molar-refractivity contribution in [2.75, 3.05) is 19.7 Å². The molecule has 0 saturated carbocycles. The lowest BCUT2D eigenvalue weighted by Gasteiger charge is -2.38. The van der Waals surface area contributed by atoms with Gasteiger partial charge in [-0.15, -0.1) is 0 Å². The molecule has 1 N–H and O–H groups in total. The van der Waals surface area contributed by atoms with E-state index in [2.05, 4.69) is 10.2 Å². The summed E-state index contributed by atoms with van der Waals surface area (Å²) in [5.41, 5.74) is 1.19. The summed E-state index contributed by atoms with van der Waals surface area (Å²) in [6.07, 6.45) is 1.73. The Kier molecular flexibility index (Phi) is 2.78.